The van der Waals surface area contributed by atoms with E-state index in [9.17, 15) is 23.7 Å². The summed E-state index contributed by atoms with van der Waals surface area (Å²) in [5.74, 6) is -1.75. The van der Waals surface area contributed by atoms with Gasteiger partial charge in [0.2, 0.25) is 5.91 Å². The summed E-state index contributed by atoms with van der Waals surface area (Å²) in [6.45, 7) is 0. The van der Waals surface area contributed by atoms with E-state index in [0.29, 0.717) is 29.7 Å². The third-order valence-corrected chi connectivity index (χ3v) is 5.79. The third-order valence-electron chi connectivity index (χ3n) is 5.79. The van der Waals surface area contributed by atoms with E-state index in [1.54, 1.807) is 12.1 Å². The number of fused-ring (bicyclic) bond motifs is 2. The van der Waals surface area contributed by atoms with Gasteiger partial charge in [-0.15, -0.1) is 0 Å². The van der Waals surface area contributed by atoms with Crippen molar-refractivity contribution in [3.63, 3.8) is 0 Å². The maximum atomic E-state index is 14.3. The second-order valence-corrected chi connectivity index (χ2v) is 7.29. The SMILES string of the molecule is O=C1Nc2c([N+](=O)[O-])cc(-c3ccnn3-c3ccc(F)cc3F)cc2C12CCC2. The Kier molecular flexibility index (Phi) is 3.58. The van der Waals surface area contributed by atoms with Gasteiger partial charge in [0, 0.05) is 17.7 Å². The molecular formula is C20H14F2N4O3. The number of rotatable bonds is 3. The molecule has 0 unspecified atom stereocenters. The van der Waals surface area contributed by atoms with Crippen LogP contribution < -0.4 is 5.32 Å². The number of hydrogen-bond donors (Lipinski definition) is 1. The molecule has 5 rings (SSSR count). The topological polar surface area (TPSA) is 90.1 Å². The first-order valence-corrected chi connectivity index (χ1v) is 9.05. The highest BCUT2D eigenvalue weighted by atomic mass is 19.1. The van der Waals surface area contributed by atoms with Gasteiger partial charge in [0.15, 0.2) is 5.82 Å². The van der Waals surface area contributed by atoms with Crippen LogP contribution in [-0.2, 0) is 10.2 Å². The Balaban J connectivity index is 1.72. The maximum absolute atomic E-state index is 14.3. The molecule has 1 aromatic heterocycles. The summed E-state index contributed by atoms with van der Waals surface area (Å²) in [5.41, 5.74) is 0.689. The summed E-state index contributed by atoms with van der Waals surface area (Å²) < 4.78 is 28.9. The molecule has 1 fully saturated rings. The monoisotopic (exact) mass is 396 g/mol. The first kappa shape index (κ1) is 17.5. The molecule has 2 aromatic carbocycles. The number of anilines is 1. The van der Waals surface area contributed by atoms with Crippen molar-refractivity contribution in [3.05, 3.63) is 69.9 Å². The molecule has 146 valence electrons. The zero-order valence-corrected chi connectivity index (χ0v) is 15.0. The van der Waals surface area contributed by atoms with Crippen LogP contribution in [0.1, 0.15) is 24.8 Å². The van der Waals surface area contributed by atoms with Crippen molar-refractivity contribution in [3.8, 4) is 16.9 Å². The Labute approximate surface area is 163 Å². The second kappa shape index (κ2) is 5.94. The number of nitro benzene ring substituents is 1. The molecule has 1 N–H and O–H groups in total. The number of hydrogen-bond acceptors (Lipinski definition) is 4. The Morgan fingerprint density at radius 3 is 2.62 bits per heavy atom. The van der Waals surface area contributed by atoms with E-state index in [2.05, 4.69) is 10.4 Å². The number of nitro groups is 1. The lowest BCUT2D eigenvalue weighted by molar-refractivity contribution is -0.383. The summed E-state index contributed by atoms with van der Waals surface area (Å²) in [6, 6.07) is 7.77. The summed E-state index contributed by atoms with van der Waals surface area (Å²) in [6.07, 6.45) is 3.54. The molecular weight excluding hydrogens is 382 g/mol. The van der Waals surface area contributed by atoms with Gasteiger partial charge in [-0.05, 0) is 42.7 Å². The average molecular weight is 396 g/mol. The molecule has 1 aliphatic heterocycles. The predicted octanol–water partition coefficient (Wildman–Crippen LogP) is 4.10. The van der Waals surface area contributed by atoms with Crippen molar-refractivity contribution in [2.24, 2.45) is 0 Å². The zero-order chi connectivity index (χ0) is 20.3. The van der Waals surface area contributed by atoms with E-state index < -0.39 is 22.0 Å². The number of carbonyl (C=O) groups excluding carboxylic acids is 1. The van der Waals surface area contributed by atoms with E-state index >= 15 is 0 Å². The van der Waals surface area contributed by atoms with Crippen LogP contribution in [0.5, 0.6) is 0 Å². The molecule has 0 bridgehead atoms. The van der Waals surface area contributed by atoms with Crippen molar-refractivity contribution in [2.45, 2.75) is 24.7 Å². The van der Waals surface area contributed by atoms with Gasteiger partial charge in [-0.25, -0.2) is 13.5 Å². The molecule has 1 saturated carbocycles. The van der Waals surface area contributed by atoms with Crippen molar-refractivity contribution in [2.75, 3.05) is 5.32 Å². The van der Waals surface area contributed by atoms with Gasteiger partial charge in [-0.3, -0.25) is 14.9 Å². The molecule has 3 aromatic rings. The zero-order valence-electron chi connectivity index (χ0n) is 15.0. The van der Waals surface area contributed by atoms with Gasteiger partial charge >= 0.3 is 0 Å². The number of nitrogens with zero attached hydrogens (tertiary/aromatic N) is 3. The molecule has 1 aliphatic carbocycles. The predicted molar refractivity (Wildman–Crippen MR) is 99.7 cm³/mol. The van der Waals surface area contributed by atoms with Crippen molar-refractivity contribution in [1.29, 1.82) is 0 Å². The smallest absolute Gasteiger partial charge is 0.293 e. The highest BCUT2D eigenvalue weighted by Gasteiger charge is 2.53. The van der Waals surface area contributed by atoms with Crippen LogP contribution in [0.3, 0.4) is 0 Å². The van der Waals surface area contributed by atoms with E-state index in [1.165, 1.54) is 23.0 Å². The normalized spacial score (nSPS) is 16.4. The number of aromatic nitrogens is 2. The first-order chi connectivity index (χ1) is 13.9. The van der Waals surface area contributed by atoms with Crippen LogP contribution in [-0.4, -0.2) is 20.6 Å². The van der Waals surface area contributed by atoms with E-state index in [1.807, 2.05) is 0 Å². The van der Waals surface area contributed by atoms with E-state index in [0.717, 1.165) is 18.6 Å². The minimum Gasteiger partial charge on any atom is -0.319 e. The molecule has 0 saturated heterocycles. The Bertz CT molecular complexity index is 1200. The first-order valence-electron chi connectivity index (χ1n) is 9.05. The molecule has 0 atom stereocenters. The third kappa shape index (κ3) is 2.40. The van der Waals surface area contributed by atoms with Gasteiger partial charge in [0.05, 0.1) is 22.2 Å². The largest absolute Gasteiger partial charge is 0.319 e. The second-order valence-electron chi connectivity index (χ2n) is 7.29. The van der Waals surface area contributed by atoms with E-state index in [4.69, 9.17) is 0 Å². The maximum Gasteiger partial charge on any atom is 0.293 e. The lowest BCUT2D eigenvalue weighted by Crippen LogP contribution is -2.40. The van der Waals surface area contributed by atoms with Gasteiger partial charge in [0.1, 0.15) is 17.2 Å². The number of halogens is 2. The van der Waals surface area contributed by atoms with Crippen molar-refractivity contribution >= 4 is 17.3 Å². The summed E-state index contributed by atoms with van der Waals surface area (Å²) in [7, 11) is 0. The van der Waals surface area contributed by atoms with Gasteiger partial charge in [-0.1, -0.05) is 6.42 Å². The number of benzene rings is 2. The van der Waals surface area contributed by atoms with Crippen molar-refractivity contribution < 1.29 is 18.5 Å². The van der Waals surface area contributed by atoms with Gasteiger partial charge < -0.3 is 5.32 Å². The molecule has 7 nitrogen and oxygen atoms in total. The van der Waals surface area contributed by atoms with Crippen LogP contribution in [0, 0.1) is 21.7 Å². The molecule has 0 radical (unpaired) electrons. The Morgan fingerprint density at radius 1 is 1.17 bits per heavy atom. The fourth-order valence-corrected chi connectivity index (χ4v) is 4.18. The van der Waals surface area contributed by atoms with Crippen LogP contribution in [0.25, 0.3) is 16.9 Å². The summed E-state index contributed by atoms with van der Waals surface area (Å²) in [5, 5.41) is 18.5. The minimum atomic E-state index is -0.807. The highest BCUT2D eigenvalue weighted by molar-refractivity contribution is 6.09. The molecule has 1 amide bonds. The fraction of sp³-hybridized carbons (Fsp3) is 0.200. The lowest BCUT2D eigenvalue weighted by Gasteiger charge is -2.36. The Hall–Kier alpha value is -3.62. The van der Waals surface area contributed by atoms with Crippen molar-refractivity contribution in [1.82, 2.24) is 9.78 Å². The standard InChI is InChI=1S/C20H14F2N4O3/c21-12-2-3-16(14(22)10-12)25-15(4-7-23-25)11-8-13-18(17(9-11)26(28)29)24-19(27)20(13)5-1-6-20/h2-4,7-10H,1,5-6H2,(H,24,27). The number of nitrogens with one attached hydrogen (secondary N) is 1. The quantitative estimate of drug-likeness (QED) is 0.533. The summed E-state index contributed by atoms with van der Waals surface area (Å²) in [4.78, 5) is 23.7. The molecule has 29 heavy (non-hydrogen) atoms. The minimum absolute atomic E-state index is 0.0158. The molecule has 9 heteroatoms. The van der Waals surface area contributed by atoms with Crippen LogP contribution in [0.15, 0.2) is 42.6 Å². The van der Waals surface area contributed by atoms with Gasteiger partial charge in [0.25, 0.3) is 5.69 Å². The highest BCUT2D eigenvalue weighted by Crippen LogP contribution is 2.54. The van der Waals surface area contributed by atoms with Crippen LogP contribution in [0.4, 0.5) is 20.2 Å². The van der Waals surface area contributed by atoms with Crippen LogP contribution in [0.2, 0.25) is 0 Å². The molecule has 1 spiro atoms. The summed E-state index contributed by atoms with van der Waals surface area (Å²) >= 11 is 0. The number of amides is 1. The molecule has 2 aliphatic rings. The molecule has 2 heterocycles. The van der Waals surface area contributed by atoms with Crippen LogP contribution >= 0.6 is 0 Å². The Morgan fingerprint density at radius 2 is 1.97 bits per heavy atom. The average Bonchev–Trinajstić information content (AvgIpc) is 3.21. The van der Waals surface area contributed by atoms with Gasteiger partial charge in [-0.2, -0.15) is 5.10 Å². The van der Waals surface area contributed by atoms with E-state index in [-0.39, 0.29) is 23.0 Å². The fourth-order valence-electron chi connectivity index (χ4n) is 4.18. The lowest BCUT2D eigenvalue weighted by atomic mass is 9.65. The number of carbonyl (C=O) groups is 1.